The molecule has 0 amide bonds. The Hall–Kier alpha value is -0.520. The summed E-state index contributed by atoms with van der Waals surface area (Å²) >= 11 is 0. The van der Waals surface area contributed by atoms with Crippen LogP contribution in [0, 0.1) is 13.8 Å². The Kier molecular flexibility index (Phi) is 4.12. The Morgan fingerprint density at radius 1 is 1.11 bits per heavy atom. The van der Waals surface area contributed by atoms with Gasteiger partial charge in [0.1, 0.15) is 0 Å². The second kappa shape index (κ2) is 4.37. The van der Waals surface area contributed by atoms with Gasteiger partial charge in [-0.1, -0.05) is 23.3 Å². The van der Waals surface area contributed by atoms with E-state index in [0.29, 0.717) is 0 Å². The zero-order valence-corrected chi connectivity index (χ0v) is 6.28. The van der Waals surface area contributed by atoms with Gasteiger partial charge in [-0.25, -0.2) is 0 Å². The summed E-state index contributed by atoms with van der Waals surface area (Å²) in [6.07, 6.45) is 5.12. The Balaban J connectivity index is 3.53. The van der Waals surface area contributed by atoms with Crippen LogP contribution in [0.1, 0.15) is 20.3 Å². The predicted octanol–water partition coefficient (Wildman–Crippen LogP) is 2.94. The van der Waals surface area contributed by atoms with E-state index in [0.717, 1.165) is 17.6 Å². The van der Waals surface area contributed by atoms with Gasteiger partial charge in [-0.05, 0) is 34.1 Å². The highest BCUT2D eigenvalue weighted by molar-refractivity contribution is 5.08. The first-order chi connectivity index (χ1) is 4.13. The normalized spacial score (nSPS) is 14.2. The fourth-order valence-electron chi connectivity index (χ4n) is 0.461. The van der Waals surface area contributed by atoms with Crippen LogP contribution in [0.4, 0.5) is 0 Å². The van der Waals surface area contributed by atoms with Crippen molar-refractivity contribution in [1.82, 2.24) is 0 Å². The van der Waals surface area contributed by atoms with Gasteiger partial charge in [0.2, 0.25) is 0 Å². The van der Waals surface area contributed by atoms with Crippen LogP contribution in [0.3, 0.4) is 0 Å². The molecule has 0 rings (SSSR count). The Bertz CT molecular complexity index is 103. The van der Waals surface area contributed by atoms with Crippen molar-refractivity contribution in [3.63, 3.8) is 0 Å². The summed E-state index contributed by atoms with van der Waals surface area (Å²) in [5.74, 6) is 0. The van der Waals surface area contributed by atoms with E-state index < -0.39 is 0 Å². The highest BCUT2D eigenvalue weighted by Crippen LogP contribution is 1.96. The fraction of sp³-hybridized carbons (Fsp3) is 0.333. The van der Waals surface area contributed by atoms with Crippen molar-refractivity contribution in [2.45, 2.75) is 20.3 Å². The summed E-state index contributed by atoms with van der Waals surface area (Å²) in [6, 6.07) is 0. The molecular formula is C9H14. The Morgan fingerprint density at radius 2 is 1.44 bits per heavy atom. The van der Waals surface area contributed by atoms with E-state index in [2.05, 4.69) is 26.0 Å². The van der Waals surface area contributed by atoms with Crippen molar-refractivity contribution in [2.75, 3.05) is 0 Å². The maximum Gasteiger partial charge on any atom is -0.0164 e. The molecule has 2 radical (unpaired) electrons. The Morgan fingerprint density at radius 3 is 1.67 bits per heavy atom. The van der Waals surface area contributed by atoms with Crippen molar-refractivity contribution in [1.29, 1.82) is 0 Å². The smallest absolute Gasteiger partial charge is 0.0164 e. The third kappa shape index (κ3) is 7.48. The predicted molar refractivity (Wildman–Crippen MR) is 42.8 cm³/mol. The minimum Gasteiger partial charge on any atom is -0.0818 e. The summed E-state index contributed by atoms with van der Waals surface area (Å²) in [6.45, 7) is 11.5. The summed E-state index contributed by atoms with van der Waals surface area (Å²) in [5, 5.41) is 0. The van der Waals surface area contributed by atoms with E-state index in [9.17, 15) is 0 Å². The average molecular weight is 122 g/mol. The molecule has 0 saturated heterocycles. The van der Waals surface area contributed by atoms with Gasteiger partial charge < -0.3 is 0 Å². The van der Waals surface area contributed by atoms with Crippen molar-refractivity contribution in [3.8, 4) is 0 Å². The monoisotopic (exact) mass is 122 g/mol. The molecule has 0 aromatic rings. The lowest BCUT2D eigenvalue weighted by molar-refractivity contribution is 1.29. The molecule has 9 heavy (non-hydrogen) atoms. The molecule has 0 aromatic heterocycles. The lowest BCUT2D eigenvalue weighted by Gasteiger charge is -1.87. The van der Waals surface area contributed by atoms with Gasteiger partial charge in [0, 0.05) is 0 Å². The topological polar surface area (TPSA) is 0 Å². The number of hydrogen-bond acceptors (Lipinski definition) is 0. The van der Waals surface area contributed by atoms with E-state index in [1.54, 1.807) is 0 Å². The molecule has 0 saturated carbocycles. The molecule has 0 unspecified atom stereocenters. The molecule has 50 valence electrons. The van der Waals surface area contributed by atoms with E-state index in [-0.39, 0.29) is 0 Å². The standard InChI is InChI=1S/C9H14/c1-8(2)6-5-7-9(3)4/h6-7H,1,3,5H2,2,4H3/b8-6-,9-7-. The number of rotatable bonds is 2. The second-order valence-corrected chi connectivity index (χ2v) is 2.34. The third-order valence-electron chi connectivity index (χ3n) is 0.933. The highest BCUT2D eigenvalue weighted by atomic mass is 13.8. The number of hydrogen-bond donors (Lipinski definition) is 0. The van der Waals surface area contributed by atoms with Crippen LogP contribution < -0.4 is 0 Å². The third-order valence-corrected chi connectivity index (χ3v) is 0.933. The summed E-state index contributed by atoms with van der Waals surface area (Å²) in [5.41, 5.74) is 2.24. The summed E-state index contributed by atoms with van der Waals surface area (Å²) < 4.78 is 0. The van der Waals surface area contributed by atoms with Gasteiger partial charge in [-0.15, -0.1) is 0 Å². The van der Waals surface area contributed by atoms with Gasteiger partial charge in [-0.2, -0.15) is 0 Å². The summed E-state index contributed by atoms with van der Waals surface area (Å²) in [7, 11) is 0. The van der Waals surface area contributed by atoms with Crippen molar-refractivity contribution in [3.05, 3.63) is 37.1 Å². The minimum absolute atomic E-state index is 0.963. The maximum atomic E-state index is 3.75. The molecule has 0 atom stereocenters. The molecule has 0 aliphatic rings. The van der Waals surface area contributed by atoms with Crippen LogP contribution in [-0.2, 0) is 0 Å². The summed E-state index contributed by atoms with van der Waals surface area (Å²) in [4.78, 5) is 0. The quantitative estimate of drug-likeness (QED) is 0.528. The van der Waals surface area contributed by atoms with E-state index in [4.69, 9.17) is 0 Å². The van der Waals surface area contributed by atoms with E-state index in [1.807, 2.05) is 13.8 Å². The van der Waals surface area contributed by atoms with Gasteiger partial charge in [0.15, 0.2) is 0 Å². The molecular weight excluding hydrogens is 108 g/mol. The molecule has 0 spiro atoms. The molecule has 0 N–H and O–H groups in total. The van der Waals surface area contributed by atoms with Crippen molar-refractivity contribution in [2.24, 2.45) is 0 Å². The SMILES string of the molecule is [CH2]/C(C)=C/C/C=C(/[CH2])C. The fourth-order valence-corrected chi connectivity index (χ4v) is 0.461. The number of allylic oxidation sites excluding steroid dienone is 4. The van der Waals surface area contributed by atoms with Crippen LogP contribution in [0.25, 0.3) is 0 Å². The van der Waals surface area contributed by atoms with Crippen LogP contribution in [-0.4, -0.2) is 0 Å². The van der Waals surface area contributed by atoms with Gasteiger partial charge in [-0.3, -0.25) is 0 Å². The van der Waals surface area contributed by atoms with Crippen LogP contribution in [0.5, 0.6) is 0 Å². The first-order valence-electron chi connectivity index (χ1n) is 3.10. The van der Waals surface area contributed by atoms with Crippen LogP contribution >= 0.6 is 0 Å². The molecule has 0 aromatic carbocycles. The maximum absolute atomic E-state index is 3.75. The molecule has 0 aliphatic carbocycles. The van der Waals surface area contributed by atoms with E-state index in [1.165, 1.54) is 0 Å². The van der Waals surface area contributed by atoms with Crippen molar-refractivity contribution < 1.29 is 0 Å². The highest BCUT2D eigenvalue weighted by Gasteiger charge is 1.76. The van der Waals surface area contributed by atoms with Gasteiger partial charge in [0.25, 0.3) is 0 Å². The van der Waals surface area contributed by atoms with Crippen molar-refractivity contribution >= 4 is 0 Å². The molecule has 0 nitrogen and oxygen atoms in total. The Labute approximate surface area is 58.3 Å². The second-order valence-electron chi connectivity index (χ2n) is 2.34. The lowest BCUT2D eigenvalue weighted by atomic mass is 10.2. The zero-order valence-electron chi connectivity index (χ0n) is 6.28. The lowest BCUT2D eigenvalue weighted by Crippen LogP contribution is -1.67. The van der Waals surface area contributed by atoms with Gasteiger partial charge in [0.05, 0.1) is 0 Å². The largest absolute Gasteiger partial charge is 0.0818 e. The molecule has 0 bridgehead atoms. The van der Waals surface area contributed by atoms with E-state index >= 15 is 0 Å². The van der Waals surface area contributed by atoms with Crippen LogP contribution in [0.15, 0.2) is 23.3 Å². The molecule has 0 aliphatic heterocycles. The first-order valence-corrected chi connectivity index (χ1v) is 3.10. The molecule has 0 heteroatoms. The molecule has 0 heterocycles. The first kappa shape index (κ1) is 8.48. The zero-order chi connectivity index (χ0) is 7.28. The van der Waals surface area contributed by atoms with Crippen LogP contribution in [0.2, 0.25) is 0 Å². The molecule has 0 fully saturated rings. The average Bonchev–Trinajstić information content (AvgIpc) is 1.63. The van der Waals surface area contributed by atoms with Gasteiger partial charge >= 0.3 is 0 Å². The minimum atomic E-state index is 0.963.